The molecule has 0 aliphatic heterocycles. The van der Waals surface area contributed by atoms with Crippen molar-refractivity contribution >= 4 is 71.8 Å². The van der Waals surface area contributed by atoms with E-state index in [9.17, 15) is 33.9 Å². The van der Waals surface area contributed by atoms with Gasteiger partial charge in [-0.15, -0.1) is 0 Å². The van der Waals surface area contributed by atoms with Crippen molar-refractivity contribution in [3.8, 4) is 0 Å². The molecule has 9 rings (SSSR count). The highest BCUT2D eigenvalue weighted by molar-refractivity contribution is 6.17. The minimum atomic E-state index is -1.57. The Bertz CT molecular complexity index is 3400. The number of hydrogen-bond donors (Lipinski definition) is 1. The first-order valence-corrected chi connectivity index (χ1v) is 20.5. The maximum Gasteiger partial charge on any atom is 0.339 e. The maximum absolute atomic E-state index is 14.1. The second-order valence-electron chi connectivity index (χ2n) is 15.4. The summed E-state index contributed by atoms with van der Waals surface area (Å²) in [6.07, 6.45) is -3.01. The standard InChI is InChI=1S/C51H39N3O10/c1-52-49(59)53(27-36(55)29-62-47(57)44-39-20-8-3-14-32(39)25-33-15-4-9-21-40(33)44)51(61)54(50(52)60)28-37(64-46(56)43-24-12-18-31-13-2-7-19-38(31)43)30-63-48(58)45-41-22-10-5-16-34(41)26-35-17-6-11-23-42(35)45/h2-26,36-37,55H,27-30H2,1H3. The summed E-state index contributed by atoms with van der Waals surface area (Å²) in [5.74, 6) is -2.28. The van der Waals surface area contributed by atoms with Gasteiger partial charge in [0.1, 0.15) is 19.3 Å². The molecule has 2 unspecified atom stereocenters. The van der Waals surface area contributed by atoms with Gasteiger partial charge < -0.3 is 19.3 Å². The monoisotopic (exact) mass is 853 g/mol. The lowest BCUT2D eigenvalue weighted by molar-refractivity contribution is -0.00602. The van der Waals surface area contributed by atoms with Gasteiger partial charge in [0.25, 0.3) is 0 Å². The number of fused-ring (bicyclic) bond motifs is 5. The highest BCUT2D eigenvalue weighted by atomic mass is 16.6. The summed E-state index contributed by atoms with van der Waals surface area (Å²) in [6, 6.07) is 45.4. The third-order valence-corrected chi connectivity index (χ3v) is 11.3. The van der Waals surface area contributed by atoms with Gasteiger partial charge in [-0.25, -0.2) is 42.5 Å². The molecule has 9 aromatic rings. The van der Waals surface area contributed by atoms with Crippen LogP contribution in [0.15, 0.2) is 166 Å². The number of aliphatic hydroxyl groups is 1. The zero-order valence-electron chi connectivity index (χ0n) is 34.4. The molecule has 0 aliphatic rings. The summed E-state index contributed by atoms with van der Waals surface area (Å²) in [5.41, 5.74) is -2.48. The molecule has 318 valence electrons. The topological polar surface area (TPSA) is 165 Å². The minimum absolute atomic E-state index is 0.189. The van der Waals surface area contributed by atoms with Crippen LogP contribution in [0.4, 0.5) is 0 Å². The predicted octanol–water partition coefficient (Wildman–Crippen LogP) is 6.78. The fourth-order valence-electron chi connectivity index (χ4n) is 8.23. The first-order valence-electron chi connectivity index (χ1n) is 20.5. The molecule has 0 spiro atoms. The van der Waals surface area contributed by atoms with Gasteiger partial charge in [0, 0.05) is 7.05 Å². The number of nitrogens with zero attached hydrogens (tertiary/aromatic N) is 3. The van der Waals surface area contributed by atoms with Gasteiger partial charge in [0.05, 0.1) is 29.8 Å². The van der Waals surface area contributed by atoms with Crippen LogP contribution in [0.1, 0.15) is 31.1 Å². The SMILES string of the molecule is Cn1c(=O)n(CC(O)COC(=O)c2c3ccccc3cc3ccccc23)c(=O)n(CC(COC(=O)c2c3ccccc3cc3ccccc23)OC(=O)c2cccc3ccccc23)c1=O. The Morgan fingerprint density at radius 2 is 0.891 bits per heavy atom. The second-order valence-corrected chi connectivity index (χ2v) is 15.4. The van der Waals surface area contributed by atoms with Crippen molar-refractivity contribution in [2.75, 3.05) is 13.2 Å². The lowest BCUT2D eigenvalue weighted by atomic mass is 9.97. The van der Waals surface area contributed by atoms with Crippen LogP contribution in [0.25, 0.3) is 53.9 Å². The Balaban J connectivity index is 1.01. The van der Waals surface area contributed by atoms with Crippen molar-refractivity contribution in [1.82, 2.24) is 13.7 Å². The Labute approximate surface area is 363 Å². The molecule has 64 heavy (non-hydrogen) atoms. The molecule has 0 saturated heterocycles. The lowest BCUT2D eigenvalue weighted by Crippen LogP contribution is -2.56. The van der Waals surface area contributed by atoms with Crippen LogP contribution < -0.4 is 17.1 Å². The van der Waals surface area contributed by atoms with Crippen LogP contribution in [0.3, 0.4) is 0 Å². The summed E-state index contributed by atoms with van der Waals surface area (Å²) >= 11 is 0. The van der Waals surface area contributed by atoms with Crippen molar-refractivity contribution in [2.45, 2.75) is 25.3 Å². The van der Waals surface area contributed by atoms with Crippen LogP contribution in [0.2, 0.25) is 0 Å². The summed E-state index contributed by atoms with van der Waals surface area (Å²) in [4.78, 5) is 82.9. The highest BCUT2D eigenvalue weighted by Crippen LogP contribution is 2.31. The van der Waals surface area contributed by atoms with Gasteiger partial charge in [-0.2, -0.15) is 0 Å². The van der Waals surface area contributed by atoms with E-state index in [0.29, 0.717) is 46.2 Å². The Hall–Kier alpha value is -8.16. The number of aromatic nitrogens is 3. The number of carbonyl (C=O) groups excluding carboxylic acids is 3. The fraction of sp³-hybridized carbons (Fsp3) is 0.137. The summed E-state index contributed by atoms with van der Waals surface area (Å²) in [6.45, 7) is -2.51. The molecule has 13 heteroatoms. The average molecular weight is 854 g/mol. The van der Waals surface area contributed by atoms with E-state index >= 15 is 0 Å². The third kappa shape index (κ3) is 7.80. The van der Waals surface area contributed by atoms with E-state index in [1.54, 1.807) is 72.8 Å². The number of ether oxygens (including phenoxy) is 3. The number of benzene rings is 8. The van der Waals surface area contributed by atoms with E-state index in [-0.39, 0.29) is 11.1 Å². The molecule has 0 saturated carbocycles. The maximum atomic E-state index is 14.1. The summed E-state index contributed by atoms with van der Waals surface area (Å²) in [7, 11) is 1.15. The van der Waals surface area contributed by atoms with Gasteiger partial charge >= 0.3 is 35.0 Å². The molecule has 0 aliphatic carbocycles. The third-order valence-electron chi connectivity index (χ3n) is 11.3. The van der Waals surface area contributed by atoms with Gasteiger partial charge in [0.15, 0.2) is 6.10 Å². The first-order chi connectivity index (χ1) is 31.1. The van der Waals surface area contributed by atoms with Gasteiger partial charge in [-0.05, 0) is 72.1 Å². The molecule has 1 aromatic heterocycles. The van der Waals surface area contributed by atoms with Crippen molar-refractivity contribution in [2.24, 2.45) is 7.05 Å². The first kappa shape index (κ1) is 41.2. The van der Waals surface area contributed by atoms with Crippen LogP contribution in [-0.4, -0.2) is 62.1 Å². The largest absolute Gasteiger partial charge is 0.459 e. The molecular formula is C51H39N3O10. The Kier molecular flexibility index (Phi) is 11.1. The van der Waals surface area contributed by atoms with Gasteiger partial charge in [0.2, 0.25) is 0 Å². The molecule has 0 radical (unpaired) electrons. The molecule has 1 heterocycles. The van der Waals surface area contributed by atoms with Gasteiger partial charge in [-0.3, -0.25) is 0 Å². The van der Waals surface area contributed by atoms with Crippen LogP contribution in [0.5, 0.6) is 0 Å². The van der Waals surface area contributed by atoms with Crippen molar-refractivity contribution in [3.05, 3.63) is 200 Å². The van der Waals surface area contributed by atoms with Crippen molar-refractivity contribution < 1.29 is 33.7 Å². The van der Waals surface area contributed by atoms with Crippen LogP contribution in [0, 0.1) is 0 Å². The molecule has 13 nitrogen and oxygen atoms in total. The zero-order valence-corrected chi connectivity index (χ0v) is 34.4. The Morgan fingerprint density at radius 1 is 0.484 bits per heavy atom. The summed E-state index contributed by atoms with van der Waals surface area (Å²) < 4.78 is 19.4. The number of esters is 3. The smallest absolute Gasteiger partial charge is 0.339 e. The molecule has 0 fully saturated rings. The van der Waals surface area contributed by atoms with Crippen molar-refractivity contribution in [3.63, 3.8) is 0 Å². The minimum Gasteiger partial charge on any atom is -0.459 e. The average Bonchev–Trinajstić information content (AvgIpc) is 3.32. The summed E-state index contributed by atoms with van der Waals surface area (Å²) in [5, 5.41) is 18.2. The molecule has 0 amide bonds. The zero-order chi connectivity index (χ0) is 44.5. The fourth-order valence-corrected chi connectivity index (χ4v) is 8.23. The number of aliphatic hydroxyl groups excluding tert-OH is 1. The van der Waals surface area contributed by atoms with Gasteiger partial charge in [-0.1, -0.05) is 133 Å². The molecule has 0 bridgehead atoms. The predicted molar refractivity (Wildman–Crippen MR) is 243 cm³/mol. The van der Waals surface area contributed by atoms with Crippen LogP contribution in [-0.2, 0) is 34.3 Å². The normalized spacial score (nSPS) is 12.4. The number of rotatable bonds is 12. The number of hydrogen-bond acceptors (Lipinski definition) is 10. The Morgan fingerprint density at radius 3 is 1.39 bits per heavy atom. The molecule has 1 N–H and O–H groups in total. The van der Waals surface area contributed by atoms with E-state index in [2.05, 4.69) is 0 Å². The van der Waals surface area contributed by atoms with E-state index in [0.717, 1.165) is 34.0 Å². The van der Waals surface area contributed by atoms with E-state index in [4.69, 9.17) is 14.2 Å². The number of carbonyl (C=O) groups is 3. The molecule has 8 aromatic carbocycles. The van der Waals surface area contributed by atoms with Crippen molar-refractivity contribution in [1.29, 1.82) is 0 Å². The molecule has 2 atom stereocenters. The molecular weight excluding hydrogens is 815 g/mol. The van der Waals surface area contributed by atoms with Crippen LogP contribution >= 0.6 is 0 Å². The lowest BCUT2D eigenvalue weighted by Gasteiger charge is -2.21. The van der Waals surface area contributed by atoms with E-state index in [1.165, 1.54) is 0 Å². The van der Waals surface area contributed by atoms with E-state index < -0.39 is 73.5 Å². The highest BCUT2D eigenvalue weighted by Gasteiger charge is 2.26. The second kappa shape index (κ2) is 17.3. The van der Waals surface area contributed by atoms with E-state index in [1.807, 2.05) is 78.9 Å². The quantitative estimate of drug-likeness (QED) is 0.0788.